The predicted molar refractivity (Wildman–Crippen MR) is 200 cm³/mol. The summed E-state index contributed by atoms with van der Waals surface area (Å²) in [5.74, 6) is 3.37. The quantitative estimate of drug-likeness (QED) is 0.183. The summed E-state index contributed by atoms with van der Waals surface area (Å²) in [5, 5.41) is 0. The highest BCUT2D eigenvalue weighted by atomic mass is 16.5. The maximum Gasteiger partial charge on any atom is 0.258 e. The van der Waals surface area contributed by atoms with Crippen molar-refractivity contribution < 1.29 is 4.74 Å². The molecule has 6 heteroatoms. The summed E-state index contributed by atoms with van der Waals surface area (Å²) in [6.07, 6.45) is 3.78. The fraction of sp³-hybridized carbons (Fsp3) is 0.190. The number of hydrogen-bond acceptors (Lipinski definition) is 5. The minimum Gasteiger partial charge on any atom is -0.457 e. The molecule has 0 aliphatic carbocycles. The average Bonchev–Trinajstić information content (AvgIpc) is 3.08. The molecule has 0 spiro atoms. The first-order valence-corrected chi connectivity index (χ1v) is 16.7. The van der Waals surface area contributed by atoms with Gasteiger partial charge < -0.3 is 4.74 Å². The molecule has 8 rings (SSSR count). The van der Waals surface area contributed by atoms with Crippen LogP contribution in [0.25, 0.3) is 0 Å². The van der Waals surface area contributed by atoms with Crippen LogP contribution in [0.2, 0.25) is 0 Å². The Morgan fingerprint density at radius 3 is 1.83 bits per heavy atom. The first kappa shape index (κ1) is 30.0. The zero-order chi connectivity index (χ0) is 33.2. The molecule has 2 aromatic heterocycles. The van der Waals surface area contributed by atoms with E-state index in [9.17, 15) is 0 Å². The Balaban J connectivity index is 1.35. The first-order chi connectivity index (χ1) is 23.1. The largest absolute Gasteiger partial charge is 0.457 e. The van der Waals surface area contributed by atoms with Gasteiger partial charge in [0.1, 0.15) is 23.1 Å². The third-order valence-corrected chi connectivity index (χ3v) is 9.55. The zero-order valence-electron chi connectivity index (χ0n) is 28.4. The van der Waals surface area contributed by atoms with Gasteiger partial charge in [0.15, 0.2) is 0 Å². The molecule has 0 fully saturated rings. The number of para-hydroxylation sites is 2. The van der Waals surface area contributed by atoms with E-state index < -0.39 is 0 Å². The molecule has 0 radical (unpaired) electrons. The second-order valence-electron chi connectivity index (χ2n) is 14.8. The summed E-state index contributed by atoms with van der Waals surface area (Å²) >= 11 is 0. The van der Waals surface area contributed by atoms with Gasteiger partial charge in [0.2, 0.25) is 0 Å². The molecule has 4 heterocycles. The van der Waals surface area contributed by atoms with Crippen molar-refractivity contribution in [2.75, 3.05) is 9.80 Å². The summed E-state index contributed by atoms with van der Waals surface area (Å²) in [4.78, 5) is 14.7. The van der Waals surface area contributed by atoms with Crippen LogP contribution in [0.4, 0.5) is 34.4 Å². The van der Waals surface area contributed by atoms with Crippen LogP contribution in [0.5, 0.6) is 11.5 Å². The minimum absolute atomic E-state index is 0.0370. The lowest BCUT2D eigenvalue weighted by Crippen LogP contribution is -2.59. The highest BCUT2D eigenvalue weighted by molar-refractivity contribution is 6.99. The summed E-state index contributed by atoms with van der Waals surface area (Å²) < 4.78 is 6.45. The number of fused-ring (bicyclic) bond motifs is 4. The fourth-order valence-electron chi connectivity index (χ4n) is 6.96. The van der Waals surface area contributed by atoms with Crippen LogP contribution in [-0.4, -0.2) is 16.7 Å². The Morgan fingerprint density at radius 1 is 0.604 bits per heavy atom. The van der Waals surface area contributed by atoms with Crippen molar-refractivity contribution in [3.63, 3.8) is 0 Å². The molecule has 0 saturated carbocycles. The van der Waals surface area contributed by atoms with Gasteiger partial charge in [-0.3, -0.25) is 14.8 Å². The normalized spacial score (nSPS) is 13.3. The van der Waals surface area contributed by atoms with Crippen LogP contribution in [0.3, 0.4) is 0 Å². The van der Waals surface area contributed by atoms with Crippen molar-refractivity contribution in [2.45, 2.75) is 52.4 Å². The lowest BCUT2D eigenvalue weighted by Gasteiger charge is -2.39. The van der Waals surface area contributed by atoms with Crippen LogP contribution in [-0.2, 0) is 10.8 Å². The Labute approximate surface area is 284 Å². The molecule has 2 aliphatic rings. The lowest BCUT2D eigenvalue weighted by molar-refractivity contribution is 0.485. The van der Waals surface area contributed by atoms with Crippen molar-refractivity contribution >= 4 is 57.5 Å². The van der Waals surface area contributed by atoms with Gasteiger partial charge in [-0.2, -0.15) is 0 Å². The van der Waals surface area contributed by atoms with E-state index in [2.05, 4.69) is 153 Å². The molecule has 0 atom stereocenters. The molecule has 5 nitrogen and oxygen atoms in total. The molecule has 2 aliphatic heterocycles. The highest BCUT2D eigenvalue weighted by Gasteiger charge is 2.43. The van der Waals surface area contributed by atoms with Gasteiger partial charge in [-0.25, -0.2) is 4.98 Å². The Kier molecular flexibility index (Phi) is 6.95. The van der Waals surface area contributed by atoms with E-state index in [0.717, 1.165) is 62.3 Å². The van der Waals surface area contributed by atoms with E-state index in [0.29, 0.717) is 0 Å². The highest BCUT2D eigenvalue weighted by Crippen LogP contribution is 2.42. The maximum absolute atomic E-state index is 6.45. The monoisotopic (exact) mass is 626 g/mol. The standard InChI is InChI=1S/C42H39BN4O/c1-41(2,3)28-16-20-31(21-17-28)46(32-22-18-29(19-23-32)42(4,5)6)38-25-24-34-40(45-38)47(30-12-8-7-9-13-30)35-26-44-27-37-39(35)43(34)33-14-10-11-15-36(33)48-37/h7-27H,1-6H3. The number of pyridine rings is 2. The van der Waals surface area contributed by atoms with Gasteiger partial charge >= 0.3 is 0 Å². The van der Waals surface area contributed by atoms with Crippen LogP contribution >= 0.6 is 0 Å². The molecule has 0 bridgehead atoms. The van der Waals surface area contributed by atoms with Crippen molar-refractivity contribution in [1.29, 1.82) is 0 Å². The molecular weight excluding hydrogens is 587 g/mol. The Morgan fingerprint density at radius 2 is 1.21 bits per heavy atom. The van der Waals surface area contributed by atoms with E-state index >= 15 is 0 Å². The Bertz CT molecular complexity index is 2070. The molecule has 4 aromatic carbocycles. The topological polar surface area (TPSA) is 41.5 Å². The second-order valence-corrected chi connectivity index (χ2v) is 14.8. The van der Waals surface area contributed by atoms with Gasteiger partial charge in [0.05, 0.1) is 18.1 Å². The van der Waals surface area contributed by atoms with Gasteiger partial charge in [0.25, 0.3) is 6.71 Å². The molecule has 0 unspecified atom stereocenters. The minimum atomic E-state index is -0.0370. The number of anilines is 6. The summed E-state index contributed by atoms with van der Waals surface area (Å²) in [6.45, 7) is 13.5. The van der Waals surface area contributed by atoms with Crippen molar-refractivity contribution in [3.05, 3.63) is 139 Å². The van der Waals surface area contributed by atoms with Crippen molar-refractivity contribution in [2.24, 2.45) is 0 Å². The average molecular weight is 627 g/mol. The smallest absolute Gasteiger partial charge is 0.258 e. The predicted octanol–water partition coefficient (Wildman–Crippen LogP) is 8.95. The molecule has 236 valence electrons. The van der Waals surface area contributed by atoms with Crippen LogP contribution in [0.1, 0.15) is 52.7 Å². The number of benzene rings is 4. The molecule has 6 aromatic rings. The van der Waals surface area contributed by atoms with Crippen LogP contribution < -0.4 is 30.9 Å². The van der Waals surface area contributed by atoms with E-state index in [1.807, 2.05) is 30.6 Å². The number of rotatable bonds is 4. The van der Waals surface area contributed by atoms with Gasteiger partial charge in [-0.15, -0.1) is 0 Å². The van der Waals surface area contributed by atoms with Crippen molar-refractivity contribution in [3.8, 4) is 11.5 Å². The second kappa shape index (κ2) is 11.1. The number of nitrogens with zero attached hydrogens (tertiary/aromatic N) is 4. The molecule has 0 saturated heterocycles. The SMILES string of the molecule is CC(C)(C)c1ccc(N(c2ccc(C(C)(C)C)cc2)c2ccc3c(n2)N(c2ccccc2)c2cncc4c2B3c2ccccc2O4)cc1. The van der Waals surface area contributed by atoms with Crippen molar-refractivity contribution in [1.82, 2.24) is 9.97 Å². The lowest BCUT2D eigenvalue weighted by atomic mass is 9.34. The number of hydrogen-bond donors (Lipinski definition) is 0. The molecule has 0 N–H and O–H groups in total. The van der Waals surface area contributed by atoms with Crippen LogP contribution in [0, 0.1) is 0 Å². The summed E-state index contributed by atoms with van der Waals surface area (Å²) in [5.41, 5.74) is 10.2. The van der Waals surface area contributed by atoms with E-state index in [-0.39, 0.29) is 17.5 Å². The number of ether oxygens (including phenoxy) is 1. The Hall–Kier alpha value is -5.36. The number of aromatic nitrogens is 2. The fourth-order valence-corrected chi connectivity index (χ4v) is 6.96. The molecular formula is C42H39BN4O. The van der Waals surface area contributed by atoms with E-state index in [1.165, 1.54) is 11.1 Å². The zero-order valence-corrected chi connectivity index (χ0v) is 28.4. The molecule has 48 heavy (non-hydrogen) atoms. The van der Waals surface area contributed by atoms with Gasteiger partial charge in [-0.1, -0.05) is 108 Å². The maximum atomic E-state index is 6.45. The van der Waals surface area contributed by atoms with Gasteiger partial charge in [0, 0.05) is 22.5 Å². The summed E-state index contributed by atoms with van der Waals surface area (Å²) in [6, 6.07) is 41.0. The summed E-state index contributed by atoms with van der Waals surface area (Å²) in [7, 11) is 0. The third kappa shape index (κ3) is 5.03. The third-order valence-electron chi connectivity index (χ3n) is 9.55. The van der Waals surface area contributed by atoms with Crippen LogP contribution in [0.15, 0.2) is 128 Å². The molecule has 0 amide bonds. The van der Waals surface area contributed by atoms with E-state index in [4.69, 9.17) is 9.72 Å². The van der Waals surface area contributed by atoms with E-state index in [1.54, 1.807) is 0 Å². The van der Waals surface area contributed by atoms with Gasteiger partial charge in [-0.05, 0) is 81.4 Å². The first-order valence-electron chi connectivity index (χ1n) is 16.7.